The lowest BCUT2D eigenvalue weighted by Gasteiger charge is -2.26. The van der Waals surface area contributed by atoms with E-state index in [9.17, 15) is 9.18 Å². The Morgan fingerprint density at radius 2 is 2.08 bits per heavy atom. The van der Waals surface area contributed by atoms with Gasteiger partial charge in [0.25, 0.3) is 0 Å². The number of hydrogen-bond donors (Lipinski definition) is 2. The van der Waals surface area contributed by atoms with E-state index < -0.39 is 0 Å². The summed E-state index contributed by atoms with van der Waals surface area (Å²) in [5.74, 6) is 1.09. The fourth-order valence-corrected chi connectivity index (χ4v) is 3.92. The number of fused-ring (bicyclic) bond motifs is 1. The molecular formula is C19H21FN2O3S. The third-order valence-electron chi connectivity index (χ3n) is 4.01. The lowest BCUT2D eigenvalue weighted by atomic mass is 10.0. The minimum atomic E-state index is -0.347. The molecule has 0 aliphatic carbocycles. The third kappa shape index (κ3) is 4.47. The maximum absolute atomic E-state index is 14.0. The Hall–Kier alpha value is -2.25. The van der Waals surface area contributed by atoms with E-state index in [0.717, 1.165) is 17.7 Å². The summed E-state index contributed by atoms with van der Waals surface area (Å²) in [6.45, 7) is 0.853. The number of rotatable bonds is 6. The van der Waals surface area contributed by atoms with Gasteiger partial charge in [-0.05, 0) is 30.2 Å². The van der Waals surface area contributed by atoms with E-state index in [1.165, 1.54) is 17.8 Å². The van der Waals surface area contributed by atoms with Crippen LogP contribution in [-0.2, 0) is 4.74 Å². The molecule has 3 rings (SSSR count). The van der Waals surface area contributed by atoms with Crippen LogP contribution in [0.5, 0.6) is 5.75 Å². The normalized spacial score (nSPS) is 15.8. The molecule has 5 nitrogen and oxygen atoms in total. The van der Waals surface area contributed by atoms with Crippen LogP contribution in [0.4, 0.5) is 14.9 Å². The van der Waals surface area contributed by atoms with Gasteiger partial charge in [0.05, 0.1) is 18.3 Å². The van der Waals surface area contributed by atoms with Crippen LogP contribution in [0, 0.1) is 5.82 Å². The van der Waals surface area contributed by atoms with E-state index >= 15 is 0 Å². The fraction of sp³-hybridized carbons (Fsp3) is 0.316. The summed E-state index contributed by atoms with van der Waals surface area (Å²) in [5.41, 5.74) is 1.40. The first-order chi connectivity index (χ1) is 12.7. The predicted octanol–water partition coefficient (Wildman–Crippen LogP) is 4.21. The van der Waals surface area contributed by atoms with Crippen molar-refractivity contribution in [3.8, 4) is 5.75 Å². The Bertz CT molecular complexity index is 772. The topological polar surface area (TPSA) is 59.6 Å². The van der Waals surface area contributed by atoms with Crippen molar-refractivity contribution in [2.45, 2.75) is 17.4 Å². The fourth-order valence-electron chi connectivity index (χ4n) is 2.78. The summed E-state index contributed by atoms with van der Waals surface area (Å²) in [5, 5.41) is 5.75. The Labute approximate surface area is 156 Å². The number of hydrogen-bond acceptors (Lipinski definition) is 4. The van der Waals surface area contributed by atoms with E-state index in [1.807, 2.05) is 18.2 Å². The third-order valence-corrected chi connectivity index (χ3v) is 5.17. The van der Waals surface area contributed by atoms with E-state index in [2.05, 4.69) is 10.6 Å². The zero-order valence-corrected chi connectivity index (χ0v) is 15.3. The molecule has 0 aromatic heterocycles. The average Bonchev–Trinajstić information content (AvgIpc) is 2.64. The number of carbonyl (C=O) groups excluding carboxylic acids is 1. The molecule has 26 heavy (non-hydrogen) atoms. The van der Waals surface area contributed by atoms with Crippen molar-refractivity contribution in [1.82, 2.24) is 5.32 Å². The zero-order valence-electron chi connectivity index (χ0n) is 14.5. The molecule has 1 unspecified atom stereocenters. The van der Waals surface area contributed by atoms with Crippen LogP contribution in [0.15, 0.2) is 47.4 Å². The number of amides is 2. The van der Waals surface area contributed by atoms with Crippen LogP contribution in [0.2, 0.25) is 0 Å². The summed E-state index contributed by atoms with van der Waals surface area (Å²) in [6.07, 6.45) is 0.751. The van der Waals surface area contributed by atoms with Gasteiger partial charge in [-0.3, -0.25) is 0 Å². The van der Waals surface area contributed by atoms with Gasteiger partial charge in [-0.25, -0.2) is 9.18 Å². The van der Waals surface area contributed by atoms with Crippen LogP contribution < -0.4 is 15.4 Å². The van der Waals surface area contributed by atoms with Gasteiger partial charge in [0.1, 0.15) is 18.2 Å². The Morgan fingerprint density at radius 3 is 2.92 bits per heavy atom. The molecule has 2 aromatic rings. The number of urea groups is 1. The first kappa shape index (κ1) is 18.5. The predicted molar refractivity (Wildman–Crippen MR) is 100 cm³/mol. The van der Waals surface area contributed by atoms with Crippen LogP contribution in [0.1, 0.15) is 18.0 Å². The zero-order chi connectivity index (χ0) is 18.4. The van der Waals surface area contributed by atoms with Crippen molar-refractivity contribution in [2.24, 2.45) is 0 Å². The van der Waals surface area contributed by atoms with Crippen molar-refractivity contribution in [3.05, 3.63) is 53.8 Å². The summed E-state index contributed by atoms with van der Waals surface area (Å²) >= 11 is 1.49. The Morgan fingerprint density at radius 1 is 1.23 bits per heavy atom. The highest BCUT2D eigenvalue weighted by Crippen LogP contribution is 2.37. The molecule has 1 atom stereocenters. The first-order valence-corrected chi connectivity index (χ1v) is 9.37. The highest BCUT2D eigenvalue weighted by molar-refractivity contribution is 7.99. The van der Waals surface area contributed by atoms with Gasteiger partial charge < -0.3 is 20.1 Å². The molecule has 0 spiro atoms. The maximum atomic E-state index is 14.0. The van der Waals surface area contributed by atoms with Crippen molar-refractivity contribution in [1.29, 1.82) is 0 Å². The van der Waals surface area contributed by atoms with E-state index in [1.54, 1.807) is 25.3 Å². The molecule has 0 saturated carbocycles. The second kappa shape index (κ2) is 8.91. The van der Waals surface area contributed by atoms with E-state index in [-0.39, 0.29) is 17.9 Å². The molecule has 2 N–H and O–H groups in total. The molecular weight excluding hydrogens is 355 g/mol. The number of nitrogens with one attached hydrogen (secondary N) is 2. The van der Waals surface area contributed by atoms with Gasteiger partial charge in [-0.1, -0.05) is 24.3 Å². The van der Waals surface area contributed by atoms with E-state index in [0.29, 0.717) is 29.5 Å². The highest BCUT2D eigenvalue weighted by atomic mass is 32.2. The number of para-hydroxylation sites is 2. The van der Waals surface area contributed by atoms with Gasteiger partial charge >= 0.3 is 6.03 Å². The lowest BCUT2D eigenvalue weighted by molar-refractivity contribution is 0.146. The SMILES string of the molecule is COCCOc1ccccc1NC(=O)NC1CCSc2c(F)cccc21. The van der Waals surface area contributed by atoms with Gasteiger partial charge in [0.15, 0.2) is 0 Å². The van der Waals surface area contributed by atoms with Crippen molar-refractivity contribution in [3.63, 3.8) is 0 Å². The smallest absolute Gasteiger partial charge is 0.319 e. The van der Waals surface area contributed by atoms with Crippen molar-refractivity contribution >= 4 is 23.5 Å². The average molecular weight is 376 g/mol. The highest BCUT2D eigenvalue weighted by Gasteiger charge is 2.24. The molecule has 1 aliphatic heterocycles. The molecule has 0 saturated heterocycles. The second-order valence-corrected chi connectivity index (χ2v) is 6.89. The molecule has 2 amide bonds. The minimum Gasteiger partial charge on any atom is -0.489 e. The quantitative estimate of drug-likeness (QED) is 0.742. The summed E-state index contributed by atoms with van der Waals surface area (Å²) < 4.78 is 24.5. The molecule has 2 aromatic carbocycles. The van der Waals surface area contributed by atoms with Gasteiger partial charge in [-0.15, -0.1) is 11.8 Å². The largest absolute Gasteiger partial charge is 0.489 e. The molecule has 0 radical (unpaired) electrons. The number of methoxy groups -OCH3 is 1. The monoisotopic (exact) mass is 376 g/mol. The molecule has 138 valence electrons. The van der Waals surface area contributed by atoms with Crippen molar-refractivity contribution < 1.29 is 18.7 Å². The number of ether oxygens (including phenoxy) is 2. The van der Waals surface area contributed by atoms with Gasteiger partial charge in [0.2, 0.25) is 0 Å². The number of benzene rings is 2. The summed E-state index contributed by atoms with van der Waals surface area (Å²) in [4.78, 5) is 13.1. The number of thioether (sulfide) groups is 1. The van der Waals surface area contributed by atoms with Gasteiger partial charge in [0, 0.05) is 17.8 Å². The van der Waals surface area contributed by atoms with Crippen molar-refractivity contribution in [2.75, 3.05) is 31.4 Å². The Balaban J connectivity index is 1.67. The summed E-state index contributed by atoms with van der Waals surface area (Å²) in [7, 11) is 1.60. The molecule has 0 bridgehead atoms. The number of halogens is 1. The molecule has 1 heterocycles. The standard InChI is InChI=1S/C19H21FN2O3S/c1-24-10-11-25-17-8-3-2-7-16(17)22-19(23)21-15-9-12-26-18-13(15)5-4-6-14(18)20/h2-8,15H,9-12H2,1H3,(H2,21,22,23). The minimum absolute atomic E-state index is 0.219. The van der Waals surface area contributed by atoms with Gasteiger partial charge in [-0.2, -0.15) is 0 Å². The molecule has 7 heteroatoms. The van der Waals surface area contributed by atoms with E-state index in [4.69, 9.17) is 9.47 Å². The molecule has 0 fully saturated rings. The molecule has 1 aliphatic rings. The summed E-state index contributed by atoms with van der Waals surface area (Å²) in [6, 6.07) is 11.6. The van der Waals surface area contributed by atoms with Crippen LogP contribution in [0.3, 0.4) is 0 Å². The number of carbonyl (C=O) groups is 1. The van der Waals surface area contributed by atoms with Crippen LogP contribution in [-0.4, -0.2) is 32.1 Å². The lowest BCUT2D eigenvalue weighted by Crippen LogP contribution is -2.34. The number of anilines is 1. The first-order valence-electron chi connectivity index (χ1n) is 8.38. The maximum Gasteiger partial charge on any atom is 0.319 e. The second-order valence-electron chi connectivity index (χ2n) is 5.78. The van der Waals surface area contributed by atoms with Crippen LogP contribution >= 0.6 is 11.8 Å². The Kier molecular flexibility index (Phi) is 6.35. The van der Waals surface area contributed by atoms with Crippen LogP contribution in [0.25, 0.3) is 0 Å².